The van der Waals surface area contributed by atoms with Crippen molar-refractivity contribution in [3.8, 4) is 0 Å². The molecule has 20 heavy (non-hydrogen) atoms. The van der Waals surface area contributed by atoms with E-state index in [1.807, 2.05) is 0 Å². The average molecular weight is 303 g/mol. The van der Waals surface area contributed by atoms with Crippen LogP contribution in [0.1, 0.15) is 65.7 Å². The molecule has 2 N–H and O–H groups in total. The standard InChI is InChI=1S/C16H30N2O.ClH/c1-11(2)4-5-12(3)17-16(19)10-13-8-14-6-7-15(9-13)18-14;/h11-15,18H,4-10H2,1-3H3,(H,17,19);1H. The van der Waals surface area contributed by atoms with Crippen molar-refractivity contribution in [2.24, 2.45) is 11.8 Å². The molecule has 0 aromatic carbocycles. The monoisotopic (exact) mass is 302 g/mol. The fraction of sp³-hybridized carbons (Fsp3) is 0.938. The summed E-state index contributed by atoms with van der Waals surface area (Å²) in [5, 5.41) is 6.81. The Hall–Kier alpha value is -0.280. The van der Waals surface area contributed by atoms with Crippen molar-refractivity contribution in [3.63, 3.8) is 0 Å². The number of hydrogen-bond donors (Lipinski definition) is 2. The Bertz CT molecular complexity index is 297. The summed E-state index contributed by atoms with van der Waals surface area (Å²) in [6.07, 6.45) is 8.05. The molecule has 1 amide bonds. The fourth-order valence-corrected chi connectivity index (χ4v) is 3.59. The summed E-state index contributed by atoms with van der Waals surface area (Å²) in [4.78, 5) is 12.1. The molecule has 0 aromatic rings. The first kappa shape index (κ1) is 17.8. The summed E-state index contributed by atoms with van der Waals surface area (Å²) >= 11 is 0. The lowest BCUT2D eigenvalue weighted by atomic mass is 9.89. The molecule has 2 bridgehead atoms. The van der Waals surface area contributed by atoms with Gasteiger partial charge in [0.15, 0.2) is 0 Å². The number of nitrogens with one attached hydrogen (secondary N) is 2. The lowest BCUT2D eigenvalue weighted by Crippen LogP contribution is -2.40. The highest BCUT2D eigenvalue weighted by molar-refractivity contribution is 5.85. The molecule has 118 valence electrons. The van der Waals surface area contributed by atoms with Crippen LogP contribution in [0, 0.1) is 11.8 Å². The summed E-state index contributed by atoms with van der Waals surface area (Å²) in [7, 11) is 0. The fourth-order valence-electron chi connectivity index (χ4n) is 3.59. The molecular formula is C16H31ClN2O. The largest absolute Gasteiger partial charge is 0.354 e. The van der Waals surface area contributed by atoms with E-state index in [1.54, 1.807) is 0 Å². The predicted octanol–water partition coefficient (Wildman–Crippen LogP) is 3.27. The Labute approximate surface area is 130 Å². The Morgan fingerprint density at radius 1 is 1.15 bits per heavy atom. The van der Waals surface area contributed by atoms with Crippen molar-refractivity contribution in [1.82, 2.24) is 10.6 Å². The van der Waals surface area contributed by atoms with Crippen LogP contribution in [0.15, 0.2) is 0 Å². The van der Waals surface area contributed by atoms with Gasteiger partial charge in [0, 0.05) is 24.5 Å². The molecule has 0 spiro atoms. The third-order valence-electron chi connectivity index (χ3n) is 4.63. The Balaban J connectivity index is 0.00000200. The van der Waals surface area contributed by atoms with Gasteiger partial charge in [-0.05, 0) is 57.3 Å². The summed E-state index contributed by atoms with van der Waals surface area (Å²) in [6, 6.07) is 1.71. The topological polar surface area (TPSA) is 41.1 Å². The van der Waals surface area contributed by atoms with E-state index in [0.29, 0.717) is 24.0 Å². The molecule has 2 aliphatic rings. The van der Waals surface area contributed by atoms with E-state index in [4.69, 9.17) is 0 Å². The van der Waals surface area contributed by atoms with E-state index in [2.05, 4.69) is 31.4 Å². The second-order valence-corrected chi connectivity index (χ2v) is 7.12. The molecule has 3 atom stereocenters. The number of halogens is 1. The van der Waals surface area contributed by atoms with E-state index in [1.165, 1.54) is 32.1 Å². The van der Waals surface area contributed by atoms with Crippen molar-refractivity contribution in [1.29, 1.82) is 0 Å². The minimum Gasteiger partial charge on any atom is -0.354 e. The molecular weight excluding hydrogens is 272 g/mol. The van der Waals surface area contributed by atoms with Gasteiger partial charge in [-0.15, -0.1) is 12.4 Å². The highest BCUT2D eigenvalue weighted by Gasteiger charge is 2.34. The number of amides is 1. The second-order valence-electron chi connectivity index (χ2n) is 7.12. The van der Waals surface area contributed by atoms with Crippen molar-refractivity contribution >= 4 is 18.3 Å². The molecule has 0 aromatic heterocycles. The van der Waals surface area contributed by atoms with Gasteiger partial charge in [-0.3, -0.25) is 4.79 Å². The number of hydrogen-bond acceptors (Lipinski definition) is 2. The van der Waals surface area contributed by atoms with Crippen LogP contribution in [0.2, 0.25) is 0 Å². The first-order chi connectivity index (χ1) is 9.02. The van der Waals surface area contributed by atoms with E-state index in [0.717, 1.165) is 18.8 Å². The third-order valence-corrected chi connectivity index (χ3v) is 4.63. The van der Waals surface area contributed by atoms with Crippen LogP contribution in [-0.2, 0) is 4.79 Å². The van der Waals surface area contributed by atoms with Gasteiger partial charge in [-0.25, -0.2) is 0 Å². The molecule has 2 fully saturated rings. The molecule has 4 heteroatoms. The number of carbonyl (C=O) groups excluding carboxylic acids is 1. The normalized spacial score (nSPS) is 29.9. The molecule has 3 unspecified atom stereocenters. The summed E-state index contributed by atoms with van der Waals surface area (Å²) in [6.45, 7) is 6.60. The van der Waals surface area contributed by atoms with Gasteiger partial charge in [-0.2, -0.15) is 0 Å². The molecule has 3 nitrogen and oxygen atoms in total. The predicted molar refractivity (Wildman–Crippen MR) is 86.2 cm³/mol. The van der Waals surface area contributed by atoms with Crippen molar-refractivity contribution in [2.75, 3.05) is 0 Å². The van der Waals surface area contributed by atoms with Gasteiger partial charge < -0.3 is 10.6 Å². The van der Waals surface area contributed by atoms with Crippen molar-refractivity contribution in [3.05, 3.63) is 0 Å². The number of fused-ring (bicyclic) bond motifs is 2. The molecule has 2 heterocycles. The number of rotatable bonds is 6. The van der Waals surface area contributed by atoms with Crippen LogP contribution < -0.4 is 10.6 Å². The molecule has 0 saturated carbocycles. The minimum absolute atomic E-state index is 0. The van der Waals surface area contributed by atoms with Crippen molar-refractivity contribution < 1.29 is 4.79 Å². The third kappa shape index (κ3) is 5.61. The molecule has 0 aliphatic carbocycles. The first-order valence-electron chi connectivity index (χ1n) is 8.08. The zero-order valence-electron chi connectivity index (χ0n) is 13.2. The van der Waals surface area contributed by atoms with Crippen LogP contribution in [0.25, 0.3) is 0 Å². The zero-order chi connectivity index (χ0) is 13.8. The molecule has 2 saturated heterocycles. The first-order valence-corrected chi connectivity index (χ1v) is 8.08. The Morgan fingerprint density at radius 2 is 1.75 bits per heavy atom. The van der Waals surface area contributed by atoms with Crippen LogP contribution in [0.3, 0.4) is 0 Å². The molecule has 2 aliphatic heterocycles. The zero-order valence-corrected chi connectivity index (χ0v) is 14.0. The summed E-state index contributed by atoms with van der Waals surface area (Å²) < 4.78 is 0. The second kappa shape index (κ2) is 8.23. The maximum Gasteiger partial charge on any atom is 0.220 e. The number of piperidine rings is 1. The Morgan fingerprint density at radius 3 is 2.30 bits per heavy atom. The van der Waals surface area contributed by atoms with Crippen LogP contribution in [-0.4, -0.2) is 24.0 Å². The van der Waals surface area contributed by atoms with Gasteiger partial charge in [0.25, 0.3) is 0 Å². The smallest absolute Gasteiger partial charge is 0.220 e. The highest BCUT2D eigenvalue weighted by atomic mass is 35.5. The number of carbonyl (C=O) groups is 1. The van der Waals surface area contributed by atoms with Gasteiger partial charge in [0.2, 0.25) is 5.91 Å². The van der Waals surface area contributed by atoms with Crippen molar-refractivity contribution in [2.45, 2.75) is 83.8 Å². The van der Waals surface area contributed by atoms with Gasteiger partial charge in [-0.1, -0.05) is 13.8 Å². The molecule has 0 radical (unpaired) electrons. The van der Waals surface area contributed by atoms with Crippen LogP contribution in [0.4, 0.5) is 0 Å². The van der Waals surface area contributed by atoms with Gasteiger partial charge >= 0.3 is 0 Å². The Kier molecular flexibility index (Phi) is 7.32. The average Bonchev–Trinajstić information content (AvgIpc) is 2.66. The van der Waals surface area contributed by atoms with Crippen LogP contribution >= 0.6 is 12.4 Å². The molecule has 2 rings (SSSR count). The lowest BCUT2D eigenvalue weighted by Gasteiger charge is -2.29. The van der Waals surface area contributed by atoms with Crippen LogP contribution in [0.5, 0.6) is 0 Å². The minimum atomic E-state index is 0. The summed E-state index contributed by atoms with van der Waals surface area (Å²) in [5.41, 5.74) is 0. The van der Waals surface area contributed by atoms with E-state index >= 15 is 0 Å². The van der Waals surface area contributed by atoms with Gasteiger partial charge in [0.05, 0.1) is 0 Å². The maximum absolute atomic E-state index is 12.1. The quantitative estimate of drug-likeness (QED) is 0.790. The van der Waals surface area contributed by atoms with Gasteiger partial charge in [0.1, 0.15) is 0 Å². The highest BCUT2D eigenvalue weighted by Crippen LogP contribution is 2.32. The van der Waals surface area contributed by atoms with E-state index < -0.39 is 0 Å². The summed E-state index contributed by atoms with van der Waals surface area (Å²) in [5.74, 6) is 1.60. The lowest BCUT2D eigenvalue weighted by molar-refractivity contribution is -0.122. The van der Waals surface area contributed by atoms with E-state index in [-0.39, 0.29) is 18.3 Å². The SMILES string of the molecule is CC(C)CCC(C)NC(=O)CC1CC2CCC(C1)N2.Cl. The maximum atomic E-state index is 12.1. The van der Waals surface area contributed by atoms with E-state index in [9.17, 15) is 4.79 Å².